The summed E-state index contributed by atoms with van der Waals surface area (Å²) in [4.78, 5) is 10.0. The third kappa shape index (κ3) is 5.11. The van der Waals surface area contributed by atoms with E-state index in [1.807, 2.05) is 0 Å². The van der Waals surface area contributed by atoms with Crippen LogP contribution in [0.25, 0.3) is 0 Å². The Morgan fingerprint density at radius 3 is 1.92 bits per heavy atom. The standard InChI is InChI=1S/C7H18ClO4P/c1-4-10-13(3,9,11-5-2)12-7-6-8/h9H,4-7H2,1-3H3. The second kappa shape index (κ2) is 5.44. The monoisotopic (exact) mass is 232 g/mol. The Morgan fingerprint density at radius 2 is 1.62 bits per heavy atom. The van der Waals surface area contributed by atoms with Gasteiger partial charge in [-0.1, -0.05) is 0 Å². The van der Waals surface area contributed by atoms with Crippen molar-refractivity contribution >= 4 is 19.1 Å². The summed E-state index contributed by atoms with van der Waals surface area (Å²) in [7, 11) is -3.82. The van der Waals surface area contributed by atoms with Gasteiger partial charge in [0, 0.05) is 0 Å². The zero-order valence-electron chi connectivity index (χ0n) is 8.33. The molecule has 82 valence electrons. The zero-order chi connectivity index (χ0) is 10.4. The fourth-order valence-electron chi connectivity index (χ4n) is 0.937. The molecule has 0 saturated carbocycles. The van der Waals surface area contributed by atoms with Gasteiger partial charge in [-0.05, 0) is 0 Å². The molecule has 0 heterocycles. The van der Waals surface area contributed by atoms with Crippen LogP contribution in [0, 0.1) is 0 Å². The maximum atomic E-state index is 10.0. The van der Waals surface area contributed by atoms with Crippen LogP contribution in [0.15, 0.2) is 0 Å². The van der Waals surface area contributed by atoms with Gasteiger partial charge in [-0.3, -0.25) is 0 Å². The molecule has 0 radical (unpaired) electrons. The second-order valence-electron chi connectivity index (χ2n) is 2.57. The Labute approximate surface area is 84.4 Å². The molecule has 0 aliphatic rings. The number of hydrogen-bond donors (Lipinski definition) is 1. The van der Waals surface area contributed by atoms with Crippen LogP contribution in [0.4, 0.5) is 0 Å². The van der Waals surface area contributed by atoms with E-state index in [2.05, 4.69) is 0 Å². The maximum absolute atomic E-state index is 10.0. The molecule has 0 atom stereocenters. The molecule has 0 saturated heterocycles. The quantitative estimate of drug-likeness (QED) is 0.540. The Kier molecular flexibility index (Phi) is 5.68. The Balaban J connectivity index is 4.28. The molecule has 0 spiro atoms. The van der Waals surface area contributed by atoms with Crippen molar-refractivity contribution in [2.75, 3.05) is 32.4 Å². The van der Waals surface area contributed by atoms with Gasteiger partial charge in [0.1, 0.15) is 0 Å². The fourth-order valence-corrected chi connectivity index (χ4v) is 3.02. The van der Waals surface area contributed by atoms with Crippen LogP contribution in [0.1, 0.15) is 13.8 Å². The first-order valence-electron chi connectivity index (χ1n) is 4.24. The van der Waals surface area contributed by atoms with Crippen LogP contribution in [-0.2, 0) is 13.6 Å². The van der Waals surface area contributed by atoms with Crippen molar-refractivity contribution in [1.82, 2.24) is 0 Å². The van der Waals surface area contributed by atoms with Crippen molar-refractivity contribution in [3.63, 3.8) is 0 Å². The first-order valence-corrected chi connectivity index (χ1v) is 7.17. The molecule has 0 amide bonds. The van der Waals surface area contributed by atoms with E-state index in [9.17, 15) is 4.89 Å². The van der Waals surface area contributed by atoms with Gasteiger partial charge >= 0.3 is 83.8 Å². The molecule has 0 unspecified atom stereocenters. The summed E-state index contributed by atoms with van der Waals surface area (Å²) >= 11 is 5.44. The van der Waals surface area contributed by atoms with Crippen molar-refractivity contribution in [1.29, 1.82) is 0 Å². The summed E-state index contributed by atoms with van der Waals surface area (Å²) in [5.74, 6) is 0.298. The number of hydrogen-bond acceptors (Lipinski definition) is 4. The molecule has 0 bridgehead atoms. The molecular weight excluding hydrogens is 214 g/mol. The van der Waals surface area contributed by atoms with E-state index in [4.69, 9.17) is 25.2 Å². The van der Waals surface area contributed by atoms with Crippen LogP contribution in [0.3, 0.4) is 0 Å². The van der Waals surface area contributed by atoms with Gasteiger partial charge in [0.15, 0.2) is 0 Å². The normalized spacial score (nSPS) is 15.3. The van der Waals surface area contributed by atoms with Gasteiger partial charge in [0.2, 0.25) is 0 Å². The average Bonchev–Trinajstić information content (AvgIpc) is 2.02. The Hall–Kier alpha value is 0.560. The number of halogens is 1. The molecular formula is C7H18ClO4P. The molecule has 0 rings (SSSR count). The molecule has 0 aliphatic carbocycles. The van der Waals surface area contributed by atoms with Crippen LogP contribution in [-0.4, -0.2) is 37.3 Å². The van der Waals surface area contributed by atoms with E-state index >= 15 is 0 Å². The summed E-state index contributed by atoms with van der Waals surface area (Å²) in [5.41, 5.74) is 0. The van der Waals surface area contributed by atoms with Crippen LogP contribution in [0.2, 0.25) is 0 Å². The molecule has 1 N–H and O–H groups in total. The van der Waals surface area contributed by atoms with Gasteiger partial charge in [0.25, 0.3) is 0 Å². The SMILES string of the molecule is CCOP(C)(O)(OCC)OCCCl. The van der Waals surface area contributed by atoms with Gasteiger partial charge < -0.3 is 0 Å². The average molecular weight is 233 g/mol. The molecule has 0 aromatic rings. The molecule has 0 fully saturated rings. The van der Waals surface area contributed by atoms with Gasteiger partial charge in [0.05, 0.1) is 0 Å². The third-order valence-corrected chi connectivity index (χ3v) is 3.91. The zero-order valence-corrected chi connectivity index (χ0v) is 9.98. The predicted molar refractivity (Wildman–Crippen MR) is 55.0 cm³/mol. The van der Waals surface area contributed by atoms with Crippen LogP contribution >= 0.6 is 19.1 Å². The Bertz CT molecular complexity index is 143. The van der Waals surface area contributed by atoms with Gasteiger partial charge in [-0.25, -0.2) is 0 Å². The minimum absolute atomic E-state index is 0.215. The van der Waals surface area contributed by atoms with E-state index in [0.717, 1.165) is 0 Å². The van der Waals surface area contributed by atoms with Crippen molar-refractivity contribution < 1.29 is 18.5 Å². The summed E-state index contributed by atoms with van der Waals surface area (Å²) < 4.78 is 15.4. The van der Waals surface area contributed by atoms with E-state index in [0.29, 0.717) is 19.1 Å². The molecule has 0 aromatic carbocycles. The topological polar surface area (TPSA) is 47.9 Å². The van der Waals surface area contributed by atoms with Crippen molar-refractivity contribution in [2.24, 2.45) is 0 Å². The number of rotatable bonds is 7. The Morgan fingerprint density at radius 1 is 1.15 bits per heavy atom. The van der Waals surface area contributed by atoms with Crippen molar-refractivity contribution in [2.45, 2.75) is 13.8 Å². The van der Waals surface area contributed by atoms with E-state index in [1.165, 1.54) is 6.66 Å². The molecule has 6 heteroatoms. The summed E-state index contributed by atoms with van der Waals surface area (Å²) in [5, 5.41) is 0. The van der Waals surface area contributed by atoms with Crippen molar-refractivity contribution in [3.05, 3.63) is 0 Å². The summed E-state index contributed by atoms with van der Waals surface area (Å²) in [6.45, 7) is 5.88. The summed E-state index contributed by atoms with van der Waals surface area (Å²) in [6, 6.07) is 0. The van der Waals surface area contributed by atoms with E-state index < -0.39 is 7.51 Å². The van der Waals surface area contributed by atoms with E-state index in [-0.39, 0.29) is 6.61 Å². The minimum atomic E-state index is -3.82. The number of alkyl halides is 1. The fraction of sp³-hybridized carbons (Fsp3) is 1.00. The van der Waals surface area contributed by atoms with Crippen LogP contribution in [0.5, 0.6) is 0 Å². The molecule has 13 heavy (non-hydrogen) atoms. The van der Waals surface area contributed by atoms with E-state index in [1.54, 1.807) is 13.8 Å². The molecule has 0 aromatic heterocycles. The van der Waals surface area contributed by atoms with Crippen molar-refractivity contribution in [3.8, 4) is 0 Å². The molecule has 4 nitrogen and oxygen atoms in total. The van der Waals surface area contributed by atoms with Gasteiger partial charge in [-0.15, -0.1) is 0 Å². The second-order valence-corrected chi connectivity index (χ2v) is 6.16. The predicted octanol–water partition coefficient (Wildman–Crippen LogP) is 2.15. The molecule has 0 aliphatic heterocycles. The van der Waals surface area contributed by atoms with Crippen LogP contribution < -0.4 is 0 Å². The summed E-state index contributed by atoms with van der Waals surface area (Å²) in [6.07, 6.45) is 0. The first kappa shape index (κ1) is 13.6. The van der Waals surface area contributed by atoms with Gasteiger partial charge in [-0.2, -0.15) is 0 Å². The third-order valence-electron chi connectivity index (χ3n) is 1.30. The first-order chi connectivity index (χ1) is 5.96.